The van der Waals surface area contributed by atoms with Gasteiger partial charge in [0.25, 0.3) is 0 Å². The van der Waals surface area contributed by atoms with E-state index in [4.69, 9.17) is 4.74 Å². The Morgan fingerprint density at radius 1 is 1.27 bits per heavy atom. The maximum atomic E-state index is 12.4. The third kappa shape index (κ3) is 2.74. The van der Waals surface area contributed by atoms with Crippen molar-refractivity contribution in [2.24, 2.45) is 5.92 Å². The van der Waals surface area contributed by atoms with Crippen LogP contribution in [0.1, 0.15) is 30.7 Å². The van der Waals surface area contributed by atoms with Crippen molar-refractivity contribution < 1.29 is 4.74 Å². The molecule has 4 heterocycles. The van der Waals surface area contributed by atoms with Crippen molar-refractivity contribution >= 4 is 0 Å². The molecule has 0 radical (unpaired) electrons. The molecule has 0 spiro atoms. The first-order valence-electron chi connectivity index (χ1n) is 9.04. The van der Waals surface area contributed by atoms with Crippen molar-refractivity contribution in [1.29, 1.82) is 0 Å². The van der Waals surface area contributed by atoms with Gasteiger partial charge in [-0.25, -0.2) is 9.67 Å². The van der Waals surface area contributed by atoms with Crippen LogP contribution in [-0.2, 0) is 19.6 Å². The van der Waals surface area contributed by atoms with E-state index in [0.717, 1.165) is 37.4 Å². The Kier molecular flexibility index (Phi) is 4.36. The van der Waals surface area contributed by atoms with Gasteiger partial charge in [0.05, 0.1) is 7.11 Å². The zero-order valence-electron chi connectivity index (χ0n) is 15.1. The lowest BCUT2D eigenvalue weighted by atomic mass is 9.87. The average molecular weight is 357 g/mol. The highest BCUT2D eigenvalue weighted by atomic mass is 16.5. The minimum absolute atomic E-state index is 0.178. The van der Waals surface area contributed by atoms with Crippen LogP contribution in [-0.4, -0.2) is 44.4 Å². The van der Waals surface area contributed by atoms with E-state index in [-0.39, 0.29) is 5.92 Å². The largest absolute Gasteiger partial charge is 0.481 e. The van der Waals surface area contributed by atoms with Crippen LogP contribution >= 0.6 is 0 Å². The lowest BCUT2D eigenvalue weighted by molar-refractivity contribution is 0.156. The molecule has 0 unspecified atom stereocenters. The molecule has 4 rings (SSSR count). The summed E-state index contributed by atoms with van der Waals surface area (Å²) < 4.78 is 8.24. The third-order valence-electron chi connectivity index (χ3n) is 5.49. The van der Waals surface area contributed by atoms with Crippen molar-refractivity contribution in [3.63, 3.8) is 0 Å². The van der Waals surface area contributed by atoms with Crippen LogP contribution < -0.4 is 15.9 Å². The Balaban J connectivity index is 1.61. The highest BCUT2D eigenvalue weighted by Gasteiger charge is 2.40. The molecule has 0 saturated carbocycles. The van der Waals surface area contributed by atoms with Crippen molar-refractivity contribution in [1.82, 2.24) is 24.2 Å². The molecular weight excluding hydrogens is 334 g/mol. The third-order valence-corrected chi connectivity index (χ3v) is 5.49. The van der Waals surface area contributed by atoms with Gasteiger partial charge in [0.15, 0.2) is 0 Å². The molecule has 0 aromatic carbocycles. The fourth-order valence-corrected chi connectivity index (χ4v) is 4.14. The first-order valence-corrected chi connectivity index (χ1v) is 9.04. The summed E-state index contributed by atoms with van der Waals surface area (Å²) in [7, 11) is 1.63. The van der Waals surface area contributed by atoms with Crippen molar-refractivity contribution in [3.05, 3.63) is 50.4 Å². The van der Waals surface area contributed by atoms with Gasteiger partial charge in [-0.2, -0.15) is 5.10 Å². The molecule has 8 heteroatoms. The molecule has 2 aliphatic rings. The first kappa shape index (κ1) is 17.0. The number of aromatic nitrogens is 4. The number of piperidine rings is 1. The van der Waals surface area contributed by atoms with Crippen molar-refractivity contribution in [2.45, 2.75) is 38.9 Å². The molecular formula is C18H23N5O3. The SMILES string of the molecule is CCn1nc2n(c(=O)c1=O)C[C@H]1CCN(Cc3cccnc3OC)C[C@H]21. The number of hydrogen-bond acceptors (Lipinski definition) is 6. The molecule has 138 valence electrons. The summed E-state index contributed by atoms with van der Waals surface area (Å²) in [4.78, 5) is 31.1. The van der Waals surface area contributed by atoms with E-state index in [9.17, 15) is 9.59 Å². The van der Waals surface area contributed by atoms with E-state index in [2.05, 4.69) is 15.0 Å². The first-order chi connectivity index (χ1) is 12.6. The van der Waals surface area contributed by atoms with E-state index in [1.165, 1.54) is 4.68 Å². The molecule has 2 aromatic rings. The van der Waals surface area contributed by atoms with Gasteiger partial charge in [0.1, 0.15) is 5.82 Å². The average Bonchev–Trinajstić information content (AvgIpc) is 3.03. The number of ether oxygens (including phenoxy) is 1. The molecule has 26 heavy (non-hydrogen) atoms. The maximum absolute atomic E-state index is 12.4. The topological polar surface area (TPSA) is 82.3 Å². The minimum atomic E-state index is -0.521. The second-order valence-corrected chi connectivity index (χ2v) is 6.96. The lowest BCUT2D eigenvalue weighted by Crippen LogP contribution is -2.43. The Hall–Kier alpha value is -2.48. The smallest absolute Gasteiger partial charge is 0.332 e. The molecule has 0 aliphatic carbocycles. The molecule has 0 amide bonds. The molecule has 2 atom stereocenters. The van der Waals surface area contributed by atoms with Crippen LogP contribution in [0.5, 0.6) is 5.88 Å². The number of aryl methyl sites for hydroxylation is 1. The van der Waals surface area contributed by atoms with Crippen LogP contribution in [0.15, 0.2) is 27.9 Å². The zero-order chi connectivity index (χ0) is 18.3. The van der Waals surface area contributed by atoms with Crippen molar-refractivity contribution in [3.8, 4) is 5.88 Å². The molecule has 1 saturated heterocycles. The molecule has 2 aliphatic heterocycles. The number of fused-ring (bicyclic) bond motifs is 3. The summed E-state index contributed by atoms with van der Waals surface area (Å²) in [5, 5.41) is 4.50. The fourth-order valence-electron chi connectivity index (χ4n) is 4.14. The Morgan fingerprint density at radius 3 is 2.88 bits per heavy atom. The number of nitrogens with zero attached hydrogens (tertiary/aromatic N) is 5. The Labute approximate surface area is 151 Å². The van der Waals surface area contributed by atoms with Gasteiger partial charge in [-0.3, -0.25) is 19.1 Å². The number of hydrogen-bond donors (Lipinski definition) is 0. The van der Waals surface area contributed by atoms with Crippen LogP contribution in [0.25, 0.3) is 0 Å². The van der Waals surface area contributed by atoms with Crippen LogP contribution in [0.4, 0.5) is 0 Å². The van der Waals surface area contributed by atoms with Gasteiger partial charge in [0, 0.05) is 43.9 Å². The number of rotatable bonds is 4. The predicted molar refractivity (Wildman–Crippen MR) is 95.3 cm³/mol. The fraction of sp³-hybridized carbons (Fsp3) is 0.556. The normalized spacial score (nSPS) is 22.1. The number of methoxy groups -OCH3 is 1. The van der Waals surface area contributed by atoms with Crippen LogP contribution in [0, 0.1) is 5.92 Å². The van der Waals surface area contributed by atoms with Gasteiger partial charge in [-0.05, 0) is 31.9 Å². The van der Waals surface area contributed by atoms with Gasteiger partial charge in [-0.15, -0.1) is 0 Å². The quantitative estimate of drug-likeness (QED) is 0.739. The molecule has 0 bridgehead atoms. The highest BCUT2D eigenvalue weighted by Crippen LogP contribution is 2.37. The number of pyridine rings is 1. The minimum Gasteiger partial charge on any atom is -0.481 e. The lowest BCUT2D eigenvalue weighted by Gasteiger charge is -2.34. The molecule has 8 nitrogen and oxygen atoms in total. The Bertz CT molecular complexity index is 935. The Morgan fingerprint density at radius 2 is 2.12 bits per heavy atom. The second kappa shape index (κ2) is 6.68. The van der Waals surface area contributed by atoms with Gasteiger partial charge >= 0.3 is 11.1 Å². The van der Waals surface area contributed by atoms with Crippen LogP contribution in [0.3, 0.4) is 0 Å². The number of likely N-dealkylation sites (tertiary alicyclic amines) is 1. The second-order valence-electron chi connectivity index (χ2n) is 6.96. The molecule has 0 N–H and O–H groups in total. The standard InChI is InChI=1S/C18H23N5O3/c1-3-23-18(25)17(24)22-10-12-6-8-21(11-14(12)15(22)20-23)9-13-5-4-7-19-16(13)26-2/h4-5,7,12,14H,3,6,8-11H2,1-2H3/t12-,14+/m1/s1. The summed E-state index contributed by atoms with van der Waals surface area (Å²) in [6, 6.07) is 3.94. The van der Waals surface area contributed by atoms with E-state index in [1.54, 1.807) is 17.9 Å². The van der Waals surface area contributed by atoms with Gasteiger partial charge in [-0.1, -0.05) is 6.07 Å². The van der Waals surface area contributed by atoms with Crippen molar-refractivity contribution in [2.75, 3.05) is 20.2 Å². The van der Waals surface area contributed by atoms with E-state index < -0.39 is 11.1 Å². The van der Waals surface area contributed by atoms with E-state index in [1.807, 2.05) is 19.1 Å². The van der Waals surface area contributed by atoms with E-state index in [0.29, 0.717) is 24.9 Å². The summed E-state index contributed by atoms with van der Waals surface area (Å²) in [6.07, 6.45) is 2.71. The molecule has 2 aromatic heterocycles. The van der Waals surface area contributed by atoms with Gasteiger partial charge in [0.2, 0.25) is 5.88 Å². The van der Waals surface area contributed by atoms with Crippen LogP contribution in [0.2, 0.25) is 0 Å². The zero-order valence-corrected chi connectivity index (χ0v) is 15.1. The monoisotopic (exact) mass is 357 g/mol. The van der Waals surface area contributed by atoms with Gasteiger partial charge < -0.3 is 4.74 Å². The predicted octanol–water partition coefficient (Wildman–Crippen LogP) is 0.448. The highest BCUT2D eigenvalue weighted by molar-refractivity contribution is 5.25. The summed E-state index contributed by atoms with van der Waals surface area (Å²) in [5.74, 6) is 1.95. The summed E-state index contributed by atoms with van der Waals surface area (Å²) >= 11 is 0. The van der Waals surface area contributed by atoms with E-state index >= 15 is 0 Å². The summed E-state index contributed by atoms with van der Waals surface area (Å²) in [5.41, 5.74) is 0.0916. The summed E-state index contributed by atoms with van der Waals surface area (Å²) in [6.45, 7) is 5.36. The molecule has 1 fully saturated rings. The maximum Gasteiger partial charge on any atom is 0.332 e.